The first-order valence-corrected chi connectivity index (χ1v) is 10.6. The SMILES string of the molecule is Cc1cc(C)c(S(=O)(=O)N2CCC(N)CC2Cc2ccccc2)c(C)c1. The maximum atomic E-state index is 13.5. The topological polar surface area (TPSA) is 63.4 Å². The fraction of sp³-hybridized carbons (Fsp3) is 0.429. The van der Waals surface area contributed by atoms with Gasteiger partial charge in [0.1, 0.15) is 0 Å². The molecule has 0 aliphatic carbocycles. The van der Waals surface area contributed by atoms with Crippen LogP contribution in [0.1, 0.15) is 35.1 Å². The van der Waals surface area contributed by atoms with Crippen LogP contribution in [0.4, 0.5) is 0 Å². The Morgan fingerprint density at radius 2 is 1.69 bits per heavy atom. The third kappa shape index (κ3) is 3.85. The van der Waals surface area contributed by atoms with Gasteiger partial charge in [-0.25, -0.2) is 8.42 Å². The van der Waals surface area contributed by atoms with Crippen LogP contribution in [0.5, 0.6) is 0 Å². The lowest BCUT2D eigenvalue weighted by Crippen LogP contribution is -2.50. The Morgan fingerprint density at radius 3 is 2.31 bits per heavy atom. The molecule has 1 heterocycles. The van der Waals surface area contributed by atoms with Crippen LogP contribution in [-0.2, 0) is 16.4 Å². The third-order valence-electron chi connectivity index (χ3n) is 5.19. The minimum atomic E-state index is -3.56. The van der Waals surface area contributed by atoms with Gasteiger partial charge in [-0.15, -0.1) is 0 Å². The molecule has 0 aromatic heterocycles. The molecule has 1 aliphatic rings. The van der Waals surface area contributed by atoms with Crippen molar-refractivity contribution in [1.29, 1.82) is 0 Å². The minimum Gasteiger partial charge on any atom is -0.328 e. The van der Waals surface area contributed by atoms with Crippen molar-refractivity contribution >= 4 is 10.0 Å². The summed E-state index contributed by atoms with van der Waals surface area (Å²) in [5, 5.41) is 0. The Hall–Kier alpha value is -1.69. The van der Waals surface area contributed by atoms with Crippen molar-refractivity contribution < 1.29 is 8.42 Å². The number of benzene rings is 2. The molecule has 5 heteroatoms. The molecule has 2 N–H and O–H groups in total. The van der Waals surface area contributed by atoms with E-state index in [4.69, 9.17) is 5.73 Å². The Bertz CT molecular complexity index is 855. The van der Waals surface area contributed by atoms with Crippen molar-refractivity contribution in [2.24, 2.45) is 5.73 Å². The first-order valence-electron chi connectivity index (χ1n) is 9.18. The highest BCUT2D eigenvalue weighted by atomic mass is 32.2. The predicted molar refractivity (Wildman–Crippen MR) is 106 cm³/mol. The fourth-order valence-corrected chi connectivity index (χ4v) is 6.20. The number of nitrogens with two attached hydrogens (primary N) is 1. The van der Waals surface area contributed by atoms with Crippen LogP contribution < -0.4 is 5.73 Å². The van der Waals surface area contributed by atoms with E-state index in [0.29, 0.717) is 30.7 Å². The average molecular weight is 373 g/mol. The Labute approximate surface area is 157 Å². The van der Waals surface area contributed by atoms with Gasteiger partial charge >= 0.3 is 0 Å². The molecule has 0 radical (unpaired) electrons. The molecule has 1 fully saturated rings. The molecule has 1 saturated heterocycles. The Morgan fingerprint density at radius 1 is 1.08 bits per heavy atom. The largest absolute Gasteiger partial charge is 0.328 e. The van der Waals surface area contributed by atoms with E-state index < -0.39 is 10.0 Å². The van der Waals surface area contributed by atoms with E-state index >= 15 is 0 Å². The summed E-state index contributed by atoms with van der Waals surface area (Å²) in [6.07, 6.45) is 2.09. The molecule has 2 unspecified atom stereocenters. The molecular weight excluding hydrogens is 344 g/mol. The Balaban J connectivity index is 1.98. The normalized spacial score (nSPS) is 21.7. The Kier molecular flexibility index (Phi) is 5.51. The molecule has 2 aromatic rings. The number of rotatable bonds is 4. The van der Waals surface area contributed by atoms with Crippen LogP contribution in [0.25, 0.3) is 0 Å². The van der Waals surface area contributed by atoms with E-state index in [2.05, 4.69) is 0 Å². The molecule has 0 amide bonds. The summed E-state index contributed by atoms with van der Waals surface area (Å²) >= 11 is 0. The van der Waals surface area contributed by atoms with Crippen molar-refractivity contribution in [2.75, 3.05) is 6.54 Å². The number of aryl methyl sites for hydroxylation is 3. The number of hydrogen-bond acceptors (Lipinski definition) is 3. The molecule has 140 valence electrons. The van der Waals surface area contributed by atoms with Crippen LogP contribution in [0.2, 0.25) is 0 Å². The van der Waals surface area contributed by atoms with Crippen LogP contribution in [-0.4, -0.2) is 31.4 Å². The molecule has 0 bridgehead atoms. The number of sulfonamides is 1. The predicted octanol–water partition coefficient (Wildman–Crippen LogP) is 3.33. The molecule has 4 nitrogen and oxygen atoms in total. The zero-order valence-corrected chi connectivity index (χ0v) is 16.6. The third-order valence-corrected chi connectivity index (χ3v) is 7.45. The van der Waals surface area contributed by atoms with E-state index in [-0.39, 0.29) is 12.1 Å². The van der Waals surface area contributed by atoms with E-state index in [0.717, 1.165) is 22.3 Å². The van der Waals surface area contributed by atoms with Crippen LogP contribution in [0.15, 0.2) is 47.4 Å². The summed E-state index contributed by atoms with van der Waals surface area (Å²) in [6, 6.07) is 13.9. The van der Waals surface area contributed by atoms with Gasteiger partial charge in [0.05, 0.1) is 4.90 Å². The zero-order chi connectivity index (χ0) is 18.9. The second-order valence-electron chi connectivity index (χ2n) is 7.47. The van der Waals surface area contributed by atoms with Gasteiger partial charge in [-0.05, 0) is 56.7 Å². The summed E-state index contributed by atoms with van der Waals surface area (Å²) in [6.45, 7) is 6.24. The molecule has 26 heavy (non-hydrogen) atoms. The first-order chi connectivity index (χ1) is 12.3. The first kappa shape index (κ1) is 19.1. The van der Waals surface area contributed by atoms with Crippen LogP contribution in [0, 0.1) is 20.8 Å². The van der Waals surface area contributed by atoms with Gasteiger partial charge in [0, 0.05) is 18.6 Å². The van der Waals surface area contributed by atoms with Gasteiger partial charge in [-0.1, -0.05) is 48.0 Å². The maximum absolute atomic E-state index is 13.5. The molecular formula is C21H28N2O2S. The second kappa shape index (κ2) is 7.51. The van der Waals surface area contributed by atoms with Gasteiger partial charge in [-0.3, -0.25) is 0 Å². The van der Waals surface area contributed by atoms with Gasteiger partial charge < -0.3 is 5.73 Å². The van der Waals surface area contributed by atoms with Crippen LogP contribution >= 0.6 is 0 Å². The summed E-state index contributed by atoms with van der Waals surface area (Å²) in [4.78, 5) is 0.455. The summed E-state index contributed by atoms with van der Waals surface area (Å²) in [5.74, 6) is 0. The molecule has 1 aliphatic heterocycles. The fourth-order valence-electron chi connectivity index (χ4n) is 4.14. The number of nitrogens with zero attached hydrogens (tertiary/aromatic N) is 1. The summed E-state index contributed by atoms with van der Waals surface area (Å²) in [7, 11) is -3.56. The molecule has 0 saturated carbocycles. The van der Waals surface area contributed by atoms with Gasteiger partial charge in [0.25, 0.3) is 0 Å². The lowest BCUT2D eigenvalue weighted by Gasteiger charge is -2.38. The molecule has 2 atom stereocenters. The summed E-state index contributed by atoms with van der Waals surface area (Å²) < 4.78 is 28.8. The smallest absolute Gasteiger partial charge is 0.243 e. The molecule has 3 rings (SSSR count). The second-order valence-corrected chi connectivity index (χ2v) is 9.30. The van der Waals surface area contributed by atoms with Crippen molar-refractivity contribution in [3.8, 4) is 0 Å². The lowest BCUT2D eigenvalue weighted by atomic mass is 9.95. The number of piperidine rings is 1. The highest BCUT2D eigenvalue weighted by molar-refractivity contribution is 7.89. The lowest BCUT2D eigenvalue weighted by molar-refractivity contribution is 0.231. The van der Waals surface area contributed by atoms with E-state index in [9.17, 15) is 8.42 Å². The zero-order valence-electron chi connectivity index (χ0n) is 15.8. The van der Waals surface area contributed by atoms with Gasteiger partial charge in [-0.2, -0.15) is 4.31 Å². The minimum absolute atomic E-state index is 0.0513. The number of hydrogen-bond donors (Lipinski definition) is 1. The quantitative estimate of drug-likeness (QED) is 0.895. The van der Waals surface area contributed by atoms with Crippen molar-refractivity contribution in [3.63, 3.8) is 0 Å². The monoisotopic (exact) mass is 372 g/mol. The van der Waals surface area contributed by atoms with Crippen LogP contribution in [0.3, 0.4) is 0 Å². The van der Waals surface area contributed by atoms with E-state index in [1.165, 1.54) is 0 Å². The highest BCUT2D eigenvalue weighted by Gasteiger charge is 2.37. The summed E-state index contributed by atoms with van der Waals surface area (Å²) in [5.41, 5.74) is 10.0. The average Bonchev–Trinajstić information content (AvgIpc) is 2.54. The van der Waals surface area contributed by atoms with Crippen molar-refractivity contribution in [3.05, 3.63) is 64.7 Å². The van der Waals surface area contributed by atoms with E-state index in [1.54, 1.807) is 4.31 Å². The molecule has 0 spiro atoms. The standard InChI is InChI=1S/C21H28N2O2S/c1-15-11-16(2)21(17(3)12-15)26(24,25)23-10-9-19(22)14-20(23)13-18-7-5-4-6-8-18/h4-8,11-12,19-20H,9-10,13-14,22H2,1-3H3. The van der Waals surface area contributed by atoms with Gasteiger partial charge in [0.2, 0.25) is 10.0 Å². The van der Waals surface area contributed by atoms with Crippen molar-refractivity contribution in [1.82, 2.24) is 4.31 Å². The highest BCUT2D eigenvalue weighted by Crippen LogP contribution is 2.31. The molecule has 2 aromatic carbocycles. The van der Waals surface area contributed by atoms with Gasteiger partial charge in [0.15, 0.2) is 0 Å². The van der Waals surface area contributed by atoms with Crippen molar-refractivity contribution in [2.45, 2.75) is 57.0 Å². The van der Waals surface area contributed by atoms with E-state index in [1.807, 2.05) is 63.2 Å². The maximum Gasteiger partial charge on any atom is 0.243 e.